The summed E-state index contributed by atoms with van der Waals surface area (Å²) in [5.74, 6) is -0.947. The molecule has 0 aromatic heterocycles. The van der Waals surface area contributed by atoms with Gasteiger partial charge < -0.3 is 10.2 Å². The Hall–Kier alpha value is -3.07. The molecule has 7 nitrogen and oxygen atoms in total. The fraction of sp³-hybridized carbons (Fsp3) is 0.231. The lowest BCUT2D eigenvalue weighted by Gasteiger charge is -2.32. The molecule has 0 fully saturated rings. The lowest BCUT2D eigenvalue weighted by molar-refractivity contribution is -0.139. The Bertz CT molecular complexity index is 1350. The first kappa shape index (κ1) is 27.5. The average Bonchev–Trinajstić information content (AvgIpc) is 2.87. The summed E-state index contributed by atoms with van der Waals surface area (Å²) in [4.78, 5) is 27.6. The van der Waals surface area contributed by atoms with Crippen LogP contribution < -0.4 is 9.62 Å². The second kappa shape index (κ2) is 11.8. The zero-order valence-corrected chi connectivity index (χ0v) is 22.4. The monoisotopic (exact) mass is 547 g/mol. The van der Waals surface area contributed by atoms with E-state index in [9.17, 15) is 18.0 Å². The van der Waals surface area contributed by atoms with Crippen molar-refractivity contribution in [3.8, 4) is 0 Å². The second-order valence-electron chi connectivity index (χ2n) is 8.17. The summed E-state index contributed by atoms with van der Waals surface area (Å²) in [5.41, 5.74) is 1.69. The largest absolute Gasteiger partial charge is 0.357 e. The Morgan fingerprint density at radius 2 is 1.58 bits per heavy atom. The number of nitrogens with zero attached hydrogens (tertiary/aromatic N) is 2. The van der Waals surface area contributed by atoms with Crippen molar-refractivity contribution in [1.82, 2.24) is 10.2 Å². The van der Waals surface area contributed by atoms with Crippen LogP contribution in [0.2, 0.25) is 10.0 Å². The molecule has 36 heavy (non-hydrogen) atoms. The highest BCUT2D eigenvalue weighted by Crippen LogP contribution is 2.28. The van der Waals surface area contributed by atoms with Gasteiger partial charge >= 0.3 is 0 Å². The topological polar surface area (TPSA) is 86.8 Å². The van der Waals surface area contributed by atoms with Crippen LogP contribution in [0, 0.1) is 6.92 Å². The number of aryl methyl sites for hydroxylation is 1. The minimum atomic E-state index is -4.10. The summed E-state index contributed by atoms with van der Waals surface area (Å²) in [5, 5.41) is 3.21. The summed E-state index contributed by atoms with van der Waals surface area (Å²) < 4.78 is 28.5. The number of carbonyl (C=O) groups excluding carboxylic acids is 2. The second-order valence-corrected chi connectivity index (χ2v) is 10.8. The van der Waals surface area contributed by atoms with Gasteiger partial charge in [0.1, 0.15) is 12.6 Å². The number of amides is 2. The van der Waals surface area contributed by atoms with Crippen molar-refractivity contribution in [1.29, 1.82) is 0 Å². The molecule has 0 saturated heterocycles. The molecule has 3 rings (SSSR count). The van der Waals surface area contributed by atoms with Crippen LogP contribution in [0.15, 0.2) is 77.7 Å². The number of para-hydroxylation sites is 1. The lowest BCUT2D eigenvalue weighted by Crippen LogP contribution is -2.50. The van der Waals surface area contributed by atoms with Gasteiger partial charge in [-0.15, -0.1) is 0 Å². The predicted octanol–water partition coefficient (Wildman–Crippen LogP) is 4.66. The Kier molecular flexibility index (Phi) is 9.00. The number of anilines is 1. The maximum absolute atomic E-state index is 13.7. The molecule has 2 amide bonds. The molecule has 0 heterocycles. The van der Waals surface area contributed by atoms with Gasteiger partial charge in [0.2, 0.25) is 11.8 Å². The van der Waals surface area contributed by atoms with Gasteiger partial charge in [-0.05, 0) is 55.3 Å². The van der Waals surface area contributed by atoms with Crippen LogP contribution in [0.25, 0.3) is 0 Å². The standard InChI is InChI=1S/C26H27Cl2N3O4S/c1-18-9-7-8-12-24(18)31(36(34,35)21-10-5-4-6-11-21)17-25(32)30(19(2)26(33)29-3)16-20-13-14-22(27)23(28)15-20/h4-15,19H,16-17H2,1-3H3,(H,29,33)/t19-/m0/s1. The van der Waals surface area contributed by atoms with Gasteiger partial charge in [0, 0.05) is 13.6 Å². The Balaban J connectivity index is 2.04. The van der Waals surface area contributed by atoms with Gasteiger partial charge in [-0.25, -0.2) is 8.42 Å². The minimum absolute atomic E-state index is 0.0251. The summed E-state index contributed by atoms with van der Waals surface area (Å²) >= 11 is 12.2. The van der Waals surface area contributed by atoms with E-state index in [2.05, 4.69) is 5.32 Å². The molecule has 1 N–H and O–H groups in total. The number of sulfonamides is 1. The number of benzene rings is 3. The molecule has 0 aliphatic rings. The van der Waals surface area contributed by atoms with Crippen molar-refractivity contribution >= 4 is 50.7 Å². The molecule has 3 aromatic rings. The van der Waals surface area contributed by atoms with E-state index < -0.39 is 34.4 Å². The van der Waals surface area contributed by atoms with Crippen molar-refractivity contribution < 1.29 is 18.0 Å². The van der Waals surface area contributed by atoms with Gasteiger partial charge in [-0.2, -0.15) is 0 Å². The molecule has 3 aromatic carbocycles. The van der Waals surface area contributed by atoms with Crippen LogP contribution in [-0.2, 0) is 26.2 Å². The van der Waals surface area contributed by atoms with E-state index in [1.807, 2.05) is 0 Å². The van der Waals surface area contributed by atoms with E-state index >= 15 is 0 Å². The van der Waals surface area contributed by atoms with E-state index in [1.165, 1.54) is 24.1 Å². The van der Waals surface area contributed by atoms with Crippen LogP contribution in [-0.4, -0.2) is 44.8 Å². The zero-order valence-electron chi connectivity index (χ0n) is 20.1. The third kappa shape index (κ3) is 6.19. The van der Waals surface area contributed by atoms with Crippen molar-refractivity contribution in [2.75, 3.05) is 17.9 Å². The van der Waals surface area contributed by atoms with Gasteiger partial charge in [-0.1, -0.05) is 65.7 Å². The Morgan fingerprint density at radius 3 is 2.19 bits per heavy atom. The number of nitrogens with one attached hydrogen (secondary N) is 1. The molecular weight excluding hydrogens is 521 g/mol. The van der Waals surface area contributed by atoms with E-state index in [4.69, 9.17) is 23.2 Å². The number of rotatable bonds is 9. The Labute approximate surface area is 221 Å². The normalized spacial score (nSPS) is 12.0. The zero-order chi connectivity index (χ0) is 26.5. The lowest BCUT2D eigenvalue weighted by atomic mass is 10.1. The molecule has 10 heteroatoms. The molecule has 190 valence electrons. The molecule has 0 unspecified atom stereocenters. The highest BCUT2D eigenvalue weighted by Gasteiger charge is 2.32. The fourth-order valence-corrected chi connectivity index (χ4v) is 5.52. The summed E-state index contributed by atoms with van der Waals surface area (Å²) in [7, 11) is -2.62. The molecule has 0 bridgehead atoms. The number of likely N-dealkylation sites (N-methyl/N-ethyl adjacent to an activating group) is 1. The molecular formula is C26H27Cl2N3O4S. The van der Waals surface area contributed by atoms with Crippen molar-refractivity contribution in [3.63, 3.8) is 0 Å². The van der Waals surface area contributed by atoms with E-state index in [0.717, 1.165) is 4.31 Å². The maximum atomic E-state index is 13.7. The smallest absolute Gasteiger partial charge is 0.264 e. The third-order valence-electron chi connectivity index (χ3n) is 5.74. The van der Waals surface area contributed by atoms with E-state index in [0.29, 0.717) is 26.9 Å². The summed E-state index contributed by atoms with van der Waals surface area (Å²) in [6.07, 6.45) is 0. The first-order chi connectivity index (χ1) is 17.1. The molecule has 0 saturated carbocycles. The molecule has 1 atom stereocenters. The highest BCUT2D eigenvalue weighted by atomic mass is 35.5. The molecule has 0 aliphatic carbocycles. The first-order valence-electron chi connectivity index (χ1n) is 11.1. The molecule has 0 spiro atoms. The third-order valence-corrected chi connectivity index (χ3v) is 8.26. The quantitative estimate of drug-likeness (QED) is 0.422. The van der Waals surface area contributed by atoms with Crippen LogP contribution >= 0.6 is 23.2 Å². The van der Waals surface area contributed by atoms with Crippen LogP contribution in [0.4, 0.5) is 5.69 Å². The van der Waals surface area contributed by atoms with E-state index in [-0.39, 0.29) is 11.4 Å². The SMILES string of the molecule is CNC(=O)[C@H](C)N(Cc1ccc(Cl)c(Cl)c1)C(=O)CN(c1ccccc1C)S(=O)(=O)c1ccccc1. The highest BCUT2D eigenvalue weighted by molar-refractivity contribution is 7.92. The van der Waals surface area contributed by atoms with Gasteiger partial charge in [0.15, 0.2) is 0 Å². The number of halogens is 2. The Morgan fingerprint density at radius 1 is 0.944 bits per heavy atom. The van der Waals surface area contributed by atoms with Crippen molar-refractivity contribution in [2.24, 2.45) is 0 Å². The number of hydrogen-bond acceptors (Lipinski definition) is 4. The van der Waals surface area contributed by atoms with Gasteiger partial charge in [0.25, 0.3) is 10.0 Å². The number of hydrogen-bond donors (Lipinski definition) is 1. The molecule has 0 radical (unpaired) electrons. The number of carbonyl (C=O) groups is 2. The minimum Gasteiger partial charge on any atom is -0.357 e. The average molecular weight is 548 g/mol. The van der Waals surface area contributed by atoms with Crippen molar-refractivity contribution in [2.45, 2.75) is 31.3 Å². The summed E-state index contributed by atoms with van der Waals surface area (Å²) in [6, 6.07) is 18.9. The van der Waals surface area contributed by atoms with Gasteiger partial charge in [-0.3, -0.25) is 13.9 Å². The van der Waals surface area contributed by atoms with Crippen molar-refractivity contribution in [3.05, 3.63) is 94.0 Å². The van der Waals surface area contributed by atoms with Crippen LogP contribution in [0.3, 0.4) is 0 Å². The molecule has 0 aliphatic heterocycles. The van der Waals surface area contributed by atoms with E-state index in [1.54, 1.807) is 74.5 Å². The summed E-state index contributed by atoms with van der Waals surface area (Å²) in [6.45, 7) is 2.87. The fourth-order valence-electron chi connectivity index (χ4n) is 3.70. The van der Waals surface area contributed by atoms with Gasteiger partial charge in [0.05, 0.1) is 20.6 Å². The predicted molar refractivity (Wildman–Crippen MR) is 143 cm³/mol. The van der Waals surface area contributed by atoms with Crippen LogP contribution in [0.1, 0.15) is 18.1 Å². The maximum Gasteiger partial charge on any atom is 0.264 e. The first-order valence-corrected chi connectivity index (χ1v) is 13.3. The van der Waals surface area contributed by atoms with Crippen LogP contribution in [0.5, 0.6) is 0 Å².